The van der Waals surface area contributed by atoms with Gasteiger partial charge in [0.25, 0.3) is 0 Å². The molecule has 1 saturated carbocycles. The van der Waals surface area contributed by atoms with E-state index < -0.39 is 15.1 Å². The van der Waals surface area contributed by atoms with Gasteiger partial charge in [0.2, 0.25) is 0 Å². The van der Waals surface area contributed by atoms with Crippen molar-refractivity contribution in [1.82, 2.24) is 0 Å². The molecule has 1 aliphatic carbocycles. The van der Waals surface area contributed by atoms with Crippen molar-refractivity contribution in [2.24, 2.45) is 9.98 Å². The Morgan fingerprint density at radius 1 is 0.720 bits per heavy atom. The van der Waals surface area contributed by atoms with E-state index in [9.17, 15) is 0 Å². The molecule has 128 valence electrons. The van der Waals surface area contributed by atoms with Crippen LogP contribution in [0.1, 0.15) is 36.8 Å². The van der Waals surface area contributed by atoms with Crippen molar-refractivity contribution in [3.63, 3.8) is 0 Å². The van der Waals surface area contributed by atoms with Crippen molar-refractivity contribution in [1.29, 1.82) is 0 Å². The van der Waals surface area contributed by atoms with Gasteiger partial charge in [-0.25, -0.2) is 0 Å². The van der Waals surface area contributed by atoms with E-state index in [1.165, 1.54) is 24.0 Å². The Balaban J connectivity index is 0.000000701. The molecular formula is C20H22Cl2N2Zn. The minimum atomic E-state index is -0.931. The Bertz CT molecular complexity index is 590. The normalized spacial score (nSPS) is 20.1. The Kier molecular flexibility index (Phi) is 10.0. The molecule has 5 heteroatoms. The number of nitrogens with zero attached hydrogens (tertiary/aromatic N) is 2. The summed E-state index contributed by atoms with van der Waals surface area (Å²) < 4.78 is 0. The quantitative estimate of drug-likeness (QED) is 0.429. The molecule has 25 heavy (non-hydrogen) atoms. The molecule has 0 aromatic heterocycles. The number of benzene rings is 2. The molecular weight excluding hydrogens is 405 g/mol. The van der Waals surface area contributed by atoms with Crippen LogP contribution < -0.4 is 0 Å². The first-order valence-electron chi connectivity index (χ1n) is 8.62. The van der Waals surface area contributed by atoms with Gasteiger partial charge in [0, 0.05) is 12.4 Å². The van der Waals surface area contributed by atoms with E-state index in [4.69, 9.17) is 29.4 Å². The van der Waals surface area contributed by atoms with Gasteiger partial charge in [-0.3, -0.25) is 9.98 Å². The first kappa shape index (κ1) is 20.3. The molecule has 0 heterocycles. The van der Waals surface area contributed by atoms with Crippen LogP contribution in [-0.4, -0.2) is 24.5 Å². The van der Waals surface area contributed by atoms with E-state index in [1.54, 1.807) is 0 Å². The average Bonchev–Trinajstić information content (AvgIpc) is 2.68. The van der Waals surface area contributed by atoms with Gasteiger partial charge in [0.1, 0.15) is 0 Å². The van der Waals surface area contributed by atoms with Crippen LogP contribution >= 0.6 is 19.4 Å². The van der Waals surface area contributed by atoms with Gasteiger partial charge >= 0.3 is 34.5 Å². The number of halogens is 2. The molecule has 0 radical (unpaired) electrons. The van der Waals surface area contributed by atoms with Crippen LogP contribution in [0.2, 0.25) is 0 Å². The van der Waals surface area contributed by atoms with E-state index >= 15 is 0 Å². The van der Waals surface area contributed by atoms with Crippen molar-refractivity contribution < 1.29 is 15.1 Å². The van der Waals surface area contributed by atoms with E-state index in [0.29, 0.717) is 12.1 Å². The molecule has 0 N–H and O–H groups in total. The monoisotopic (exact) mass is 424 g/mol. The van der Waals surface area contributed by atoms with Gasteiger partial charge < -0.3 is 0 Å². The number of rotatable bonds is 4. The Hall–Kier alpha value is -1.02. The van der Waals surface area contributed by atoms with Crippen molar-refractivity contribution in [2.75, 3.05) is 0 Å². The molecule has 0 amide bonds. The van der Waals surface area contributed by atoms with Crippen LogP contribution in [0.25, 0.3) is 0 Å². The van der Waals surface area contributed by atoms with E-state index in [1.807, 2.05) is 48.8 Å². The molecule has 2 aromatic rings. The summed E-state index contributed by atoms with van der Waals surface area (Å²) in [5.41, 5.74) is 2.33. The van der Waals surface area contributed by atoms with Crippen molar-refractivity contribution in [3.8, 4) is 0 Å². The second-order valence-corrected chi connectivity index (χ2v) is 10.5. The van der Waals surface area contributed by atoms with Crippen molar-refractivity contribution >= 4 is 31.8 Å². The summed E-state index contributed by atoms with van der Waals surface area (Å²) in [6.07, 6.45) is 8.80. The van der Waals surface area contributed by atoms with Gasteiger partial charge in [-0.2, -0.15) is 0 Å². The molecule has 1 aliphatic rings. The molecule has 2 aromatic carbocycles. The third kappa shape index (κ3) is 7.82. The Labute approximate surface area is 166 Å². The van der Waals surface area contributed by atoms with Crippen LogP contribution in [0.5, 0.6) is 0 Å². The standard InChI is InChI=1S/C20H22N2.2ClH.Zn/c1-3-9-17(10-4-1)15-21-19-13-7-8-14-20(19)22-16-18-11-5-2-6-12-18;;;/h1-6,9-12,15-16,19-20H,7-8,13-14H2;2*1H;/q;;;+2/p-2/t19-,20-;;;/m1.../s1. The predicted octanol–water partition coefficient (Wildman–Crippen LogP) is 5.91. The maximum absolute atomic E-state index is 4.95. The molecule has 0 saturated heterocycles. The number of aliphatic imine (C=N–C) groups is 2. The predicted molar refractivity (Wildman–Crippen MR) is 106 cm³/mol. The average molecular weight is 427 g/mol. The third-order valence-electron chi connectivity index (χ3n) is 4.12. The molecule has 0 spiro atoms. The summed E-state index contributed by atoms with van der Waals surface area (Å²) in [7, 11) is 9.90. The molecule has 1 fully saturated rings. The molecule has 0 unspecified atom stereocenters. The summed E-state index contributed by atoms with van der Waals surface area (Å²) in [5.74, 6) is 0. The summed E-state index contributed by atoms with van der Waals surface area (Å²) in [6, 6.07) is 21.3. The zero-order valence-corrected chi connectivity index (χ0v) is 18.7. The summed E-state index contributed by atoms with van der Waals surface area (Å²) in [6.45, 7) is 0. The zero-order chi connectivity index (χ0) is 17.7. The Morgan fingerprint density at radius 2 is 1.08 bits per heavy atom. The van der Waals surface area contributed by atoms with Gasteiger partial charge in [0.15, 0.2) is 0 Å². The van der Waals surface area contributed by atoms with Crippen LogP contribution in [0, 0.1) is 0 Å². The van der Waals surface area contributed by atoms with Gasteiger partial charge in [-0.15, -0.1) is 0 Å². The maximum atomic E-state index is 4.95. The molecule has 2 atom stereocenters. The summed E-state index contributed by atoms with van der Waals surface area (Å²) in [4.78, 5) is 9.62. The van der Waals surface area contributed by atoms with E-state index in [0.717, 1.165) is 12.8 Å². The zero-order valence-electron chi connectivity index (χ0n) is 14.3. The molecule has 2 nitrogen and oxygen atoms in total. The second-order valence-electron chi connectivity index (χ2n) is 5.90. The molecule has 3 rings (SSSR count). The second kappa shape index (κ2) is 12.4. The topological polar surface area (TPSA) is 24.7 Å². The SMILES string of the molecule is C(=N[C@@H]1CCCC[C@H]1N=Cc1ccccc1)c1ccccc1.[Cl][Zn][Cl]. The summed E-state index contributed by atoms with van der Waals surface area (Å²) in [5, 5.41) is 0. The fourth-order valence-corrected chi connectivity index (χ4v) is 2.88. The molecule has 0 bridgehead atoms. The van der Waals surface area contributed by atoms with Gasteiger partial charge in [0.05, 0.1) is 12.1 Å². The van der Waals surface area contributed by atoms with Crippen LogP contribution in [0.15, 0.2) is 70.6 Å². The van der Waals surface area contributed by atoms with Crippen LogP contribution in [-0.2, 0) is 15.1 Å². The Morgan fingerprint density at radius 3 is 1.44 bits per heavy atom. The molecule has 0 aliphatic heterocycles. The van der Waals surface area contributed by atoms with Crippen LogP contribution in [0.3, 0.4) is 0 Å². The number of hydrogen-bond donors (Lipinski definition) is 0. The summed E-state index contributed by atoms with van der Waals surface area (Å²) >= 11 is -0.931. The first-order valence-corrected chi connectivity index (χ1v) is 16.4. The van der Waals surface area contributed by atoms with E-state index in [-0.39, 0.29) is 0 Å². The van der Waals surface area contributed by atoms with E-state index in [2.05, 4.69) is 24.3 Å². The van der Waals surface area contributed by atoms with Crippen molar-refractivity contribution in [2.45, 2.75) is 37.8 Å². The third-order valence-corrected chi connectivity index (χ3v) is 4.12. The fraction of sp³-hybridized carbons (Fsp3) is 0.300. The fourth-order valence-electron chi connectivity index (χ4n) is 2.88. The van der Waals surface area contributed by atoms with Gasteiger partial charge in [-0.05, 0) is 24.0 Å². The first-order chi connectivity index (χ1) is 12.3. The van der Waals surface area contributed by atoms with Crippen LogP contribution in [0.4, 0.5) is 0 Å². The van der Waals surface area contributed by atoms with Crippen molar-refractivity contribution in [3.05, 3.63) is 71.8 Å². The van der Waals surface area contributed by atoms with Gasteiger partial charge in [-0.1, -0.05) is 73.5 Å². The number of hydrogen-bond acceptors (Lipinski definition) is 2. The minimum absolute atomic E-state index is 0.314.